The molecule has 1 heterocycles. The van der Waals surface area contributed by atoms with Gasteiger partial charge in [0.15, 0.2) is 0 Å². The van der Waals surface area contributed by atoms with E-state index in [1.165, 1.54) is 12.1 Å². The van der Waals surface area contributed by atoms with Gasteiger partial charge in [-0.05, 0) is 31.0 Å². The highest BCUT2D eigenvalue weighted by Gasteiger charge is 2.23. The third-order valence-corrected chi connectivity index (χ3v) is 2.93. The molecule has 92 valence electrons. The van der Waals surface area contributed by atoms with Crippen LogP contribution in [0.25, 0.3) is 0 Å². The molecule has 1 aliphatic rings. The van der Waals surface area contributed by atoms with Gasteiger partial charge in [-0.2, -0.15) is 0 Å². The number of likely N-dealkylation sites (tertiary alicyclic amines) is 1. The molecule has 2 rings (SSSR count). The van der Waals surface area contributed by atoms with Crippen molar-refractivity contribution < 1.29 is 14.3 Å². The standard InChI is InChI=1S/C12H15FN2O2/c13-10-6-8(3-4-11(10)14)12(17)15-5-1-2-9(16)7-15/h3-4,6,9,16H,1-2,5,7,14H2/t9-/m0/s1. The zero-order valence-corrected chi connectivity index (χ0v) is 9.40. The van der Waals surface area contributed by atoms with Crippen LogP contribution in [-0.2, 0) is 0 Å². The van der Waals surface area contributed by atoms with Gasteiger partial charge in [-0.15, -0.1) is 0 Å². The van der Waals surface area contributed by atoms with Crippen LogP contribution < -0.4 is 5.73 Å². The van der Waals surface area contributed by atoms with Gasteiger partial charge < -0.3 is 15.7 Å². The van der Waals surface area contributed by atoms with Crippen LogP contribution in [0, 0.1) is 5.82 Å². The van der Waals surface area contributed by atoms with Gasteiger partial charge in [-0.3, -0.25) is 4.79 Å². The molecule has 1 amide bonds. The van der Waals surface area contributed by atoms with Crippen molar-refractivity contribution in [3.8, 4) is 0 Å². The second-order valence-corrected chi connectivity index (χ2v) is 4.28. The smallest absolute Gasteiger partial charge is 0.254 e. The van der Waals surface area contributed by atoms with Crippen molar-refractivity contribution in [2.45, 2.75) is 18.9 Å². The minimum atomic E-state index is -0.589. The van der Waals surface area contributed by atoms with Crippen LogP contribution in [0.1, 0.15) is 23.2 Å². The van der Waals surface area contributed by atoms with Gasteiger partial charge in [0, 0.05) is 18.7 Å². The summed E-state index contributed by atoms with van der Waals surface area (Å²) in [5.41, 5.74) is 5.65. The van der Waals surface area contributed by atoms with Gasteiger partial charge in [0.2, 0.25) is 0 Å². The summed E-state index contributed by atoms with van der Waals surface area (Å²) in [6.45, 7) is 0.909. The Balaban J connectivity index is 2.15. The molecule has 5 heteroatoms. The molecule has 1 fully saturated rings. The number of nitrogens with zero attached hydrogens (tertiary/aromatic N) is 1. The molecule has 0 saturated carbocycles. The Morgan fingerprint density at radius 2 is 2.29 bits per heavy atom. The van der Waals surface area contributed by atoms with E-state index in [1.54, 1.807) is 4.90 Å². The molecule has 1 atom stereocenters. The highest BCUT2D eigenvalue weighted by atomic mass is 19.1. The van der Waals surface area contributed by atoms with E-state index in [9.17, 15) is 14.3 Å². The maximum atomic E-state index is 13.2. The highest BCUT2D eigenvalue weighted by molar-refractivity contribution is 5.94. The fourth-order valence-electron chi connectivity index (χ4n) is 1.98. The number of hydrogen-bond acceptors (Lipinski definition) is 3. The summed E-state index contributed by atoms with van der Waals surface area (Å²) in [4.78, 5) is 13.6. The van der Waals surface area contributed by atoms with Gasteiger partial charge in [-0.25, -0.2) is 4.39 Å². The number of halogens is 1. The molecule has 17 heavy (non-hydrogen) atoms. The molecular weight excluding hydrogens is 223 g/mol. The van der Waals surface area contributed by atoms with Crippen LogP contribution in [0.4, 0.5) is 10.1 Å². The normalized spacial score (nSPS) is 20.4. The van der Waals surface area contributed by atoms with E-state index >= 15 is 0 Å². The third-order valence-electron chi connectivity index (χ3n) is 2.93. The van der Waals surface area contributed by atoms with Gasteiger partial charge in [0.25, 0.3) is 5.91 Å². The number of aliphatic hydroxyl groups excluding tert-OH is 1. The van der Waals surface area contributed by atoms with Crippen LogP contribution in [0.15, 0.2) is 18.2 Å². The number of carbonyl (C=O) groups excluding carboxylic acids is 1. The van der Waals surface area contributed by atoms with Crippen molar-refractivity contribution in [3.63, 3.8) is 0 Å². The minimum Gasteiger partial charge on any atom is -0.396 e. The van der Waals surface area contributed by atoms with Crippen molar-refractivity contribution in [2.24, 2.45) is 0 Å². The minimum absolute atomic E-state index is 0.0280. The van der Waals surface area contributed by atoms with Crippen molar-refractivity contribution in [1.82, 2.24) is 4.90 Å². The molecule has 1 aromatic rings. The number of nitrogens with two attached hydrogens (primary N) is 1. The Morgan fingerprint density at radius 3 is 2.94 bits per heavy atom. The van der Waals surface area contributed by atoms with Crippen LogP contribution in [0.2, 0.25) is 0 Å². The van der Waals surface area contributed by atoms with Gasteiger partial charge in [-0.1, -0.05) is 0 Å². The summed E-state index contributed by atoms with van der Waals surface area (Å²) in [6.07, 6.45) is 0.996. The molecule has 1 aliphatic heterocycles. The average molecular weight is 238 g/mol. The fourth-order valence-corrected chi connectivity index (χ4v) is 1.98. The van der Waals surface area contributed by atoms with Crippen molar-refractivity contribution in [1.29, 1.82) is 0 Å². The van der Waals surface area contributed by atoms with E-state index in [0.29, 0.717) is 19.5 Å². The van der Waals surface area contributed by atoms with E-state index in [2.05, 4.69) is 0 Å². The maximum Gasteiger partial charge on any atom is 0.254 e. The average Bonchev–Trinajstić information content (AvgIpc) is 2.32. The van der Waals surface area contributed by atoms with Gasteiger partial charge in [0.1, 0.15) is 5.82 Å². The topological polar surface area (TPSA) is 66.6 Å². The number of aliphatic hydroxyl groups is 1. The first-order valence-electron chi connectivity index (χ1n) is 5.60. The summed E-state index contributed by atoms with van der Waals surface area (Å²) >= 11 is 0. The Hall–Kier alpha value is -1.62. The molecule has 0 bridgehead atoms. The van der Waals surface area contributed by atoms with Crippen molar-refractivity contribution in [2.75, 3.05) is 18.8 Å². The Labute approximate surface area is 98.8 Å². The number of rotatable bonds is 1. The Morgan fingerprint density at radius 1 is 1.53 bits per heavy atom. The quantitative estimate of drug-likeness (QED) is 0.717. The van der Waals surface area contributed by atoms with Crippen molar-refractivity contribution >= 4 is 11.6 Å². The lowest BCUT2D eigenvalue weighted by Crippen LogP contribution is -2.42. The lowest BCUT2D eigenvalue weighted by molar-refractivity contribution is 0.0473. The first-order valence-corrected chi connectivity index (χ1v) is 5.60. The van der Waals surface area contributed by atoms with Crippen LogP contribution in [-0.4, -0.2) is 35.1 Å². The zero-order chi connectivity index (χ0) is 12.4. The number of β-amino-alcohol motifs (C(OH)–C–C–N with tert-alkyl or cyclic N) is 1. The SMILES string of the molecule is Nc1ccc(C(=O)N2CCC[C@H](O)C2)cc1F. The largest absolute Gasteiger partial charge is 0.396 e. The second kappa shape index (κ2) is 4.71. The fraction of sp³-hybridized carbons (Fsp3) is 0.417. The summed E-state index contributed by atoms with van der Waals surface area (Å²) in [6, 6.07) is 4.02. The highest BCUT2D eigenvalue weighted by Crippen LogP contribution is 2.17. The predicted molar refractivity (Wildman–Crippen MR) is 62.0 cm³/mol. The number of piperidine rings is 1. The lowest BCUT2D eigenvalue weighted by Gasteiger charge is -2.30. The first-order chi connectivity index (χ1) is 8.08. The number of amides is 1. The van der Waals surface area contributed by atoms with Crippen LogP contribution in [0.5, 0.6) is 0 Å². The zero-order valence-electron chi connectivity index (χ0n) is 9.40. The molecule has 1 aromatic carbocycles. The molecular formula is C12H15FN2O2. The lowest BCUT2D eigenvalue weighted by atomic mass is 10.1. The van der Waals surface area contributed by atoms with E-state index in [0.717, 1.165) is 12.5 Å². The van der Waals surface area contributed by atoms with E-state index < -0.39 is 11.9 Å². The molecule has 0 aromatic heterocycles. The van der Waals surface area contributed by atoms with Crippen LogP contribution in [0.3, 0.4) is 0 Å². The predicted octanol–water partition coefficient (Wildman–Crippen LogP) is 1.00. The third kappa shape index (κ3) is 2.55. The van der Waals surface area contributed by atoms with Gasteiger partial charge >= 0.3 is 0 Å². The summed E-state index contributed by atoms with van der Waals surface area (Å²) in [7, 11) is 0. The Kier molecular flexibility index (Phi) is 3.28. The van der Waals surface area contributed by atoms with Gasteiger partial charge in [0.05, 0.1) is 11.8 Å². The number of hydrogen-bond donors (Lipinski definition) is 2. The summed E-state index contributed by atoms with van der Waals surface area (Å²) in [5.74, 6) is -0.851. The first kappa shape index (κ1) is 11.9. The van der Waals surface area contributed by atoms with Crippen LogP contribution >= 0.6 is 0 Å². The molecule has 0 radical (unpaired) electrons. The number of nitrogen functional groups attached to an aromatic ring is 1. The molecule has 3 N–H and O–H groups in total. The second-order valence-electron chi connectivity index (χ2n) is 4.28. The Bertz CT molecular complexity index is 437. The number of anilines is 1. The molecule has 0 unspecified atom stereocenters. The van der Waals surface area contributed by atoms with E-state index in [-0.39, 0.29) is 17.2 Å². The number of benzene rings is 1. The summed E-state index contributed by atoms with van der Waals surface area (Å²) < 4.78 is 13.2. The number of carbonyl (C=O) groups is 1. The molecule has 4 nitrogen and oxygen atoms in total. The molecule has 0 aliphatic carbocycles. The molecule has 1 saturated heterocycles. The maximum absolute atomic E-state index is 13.2. The van der Waals surface area contributed by atoms with E-state index in [4.69, 9.17) is 5.73 Å². The monoisotopic (exact) mass is 238 g/mol. The molecule has 0 spiro atoms. The van der Waals surface area contributed by atoms with E-state index in [1.807, 2.05) is 0 Å². The van der Waals surface area contributed by atoms with Crippen molar-refractivity contribution in [3.05, 3.63) is 29.6 Å². The summed E-state index contributed by atoms with van der Waals surface area (Å²) in [5, 5.41) is 9.49.